The van der Waals surface area contributed by atoms with Gasteiger partial charge in [-0.25, -0.2) is 0 Å². The molecule has 2 N–H and O–H groups in total. The van der Waals surface area contributed by atoms with Gasteiger partial charge in [-0.1, -0.05) is 47.7 Å². The van der Waals surface area contributed by atoms with Crippen LogP contribution in [-0.2, 0) is 9.59 Å². The number of anilines is 1. The van der Waals surface area contributed by atoms with Crippen molar-refractivity contribution in [2.45, 2.75) is 0 Å². The number of carbonyl (C=O) groups excluding carboxylic acids is 2. The maximum absolute atomic E-state index is 12.8. The monoisotopic (exact) mass is 434 g/mol. The van der Waals surface area contributed by atoms with Crippen LogP contribution < -0.4 is 20.1 Å². The standard InChI is InChI=1S/C19H15ClN2O4S2/c1-25-15-7-4-12(9-14(15)20)22-18(24)16(28-19(22)27)8-11-2-5-13(6-3-11)26-10-17(21)23/h2-9H,10H2,1H3,(H2,21,23)/b16-8-. The summed E-state index contributed by atoms with van der Waals surface area (Å²) in [5.41, 5.74) is 6.42. The molecule has 0 aliphatic carbocycles. The van der Waals surface area contributed by atoms with Gasteiger partial charge in [-0.3, -0.25) is 14.5 Å². The highest BCUT2D eigenvalue weighted by Crippen LogP contribution is 2.38. The first-order valence-corrected chi connectivity index (χ1v) is 9.62. The molecular weight excluding hydrogens is 420 g/mol. The van der Waals surface area contributed by atoms with Gasteiger partial charge >= 0.3 is 0 Å². The van der Waals surface area contributed by atoms with Crippen molar-refractivity contribution in [3.8, 4) is 11.5 Å². The average molecular weight is 435 g/mol. The van der Waals surface area contributed by atoms with E-state index in [2.05, 4.69) is 0 Å². The highest BCUT2D eigenvalue weighted by atomic mass is 35.5. The van der Waals surface area contributed by atoms with Crippen LogP contribution in [0.15, 0.2) is 47.4 Å². The van der Waals surface area contributed by atoms with Crippen molar-refractivity contribution in [2.24, 2.45) is 5.73 Å². The summed E-state index contributed by atoms with van der Waals surface area (Å²) in [4.78, 5) is 25.5. The Bertz CT molecular complexity index is 976. The van der Waals surface area contributed by atoms with Crippen molar-refractivity contribution in [3.05, 3.63) is 58.0 Å². The molecule has 9 heteroatoms. The lowest BCUT2D eigenvalue weighted by Gasteiger charge is -2.15. The van der Waals surface area contributed by atoms with E-state index in [4.69, 9.17) is 39.0 Å². The molecule has 0 radical (unpaired) electrons. The van der Waals surface area contributed by atoms with Crippen LogP contribution in [-0.4, -0.2) is 29.9 Å². The van der Waals surface area contributed by atoms with Crippen molar-refractivity contribution >= 4 is 63.5 Å². The van der Waals surface area contributed by atoms with Gasteiger partial charge in [0.15, 0.2) is 10.9 Å². The van der Waals surface area contributed by atoms with Gasteiger partial charge in [0.05, 0.1) is 22.7 Å². The van der Waals surface area contributed by atoms with Crippen LogP contribution in [0.5, 0.6) is 11.5 Å². The maximum Gasteiger partial charge on any atom is 0.270 e. The van der Waals surface area contributed by atoms with E-state index < -0.39 is 5.91 Å². The Morgan fingerprint density at radius 1 is 1.29 bits per heavy atom. The number of hydrogen-bond acceptors (Lipinski definition) is 6. The van der Waals surface area contributed by atoms with Crippen LogP contribution in [0.25, 0.3) is 6.08 Å². The Morgan fingerprint density at radius 2 is 2.00 bits per heavy atom. The maximum atomic E-state index is 12.8. The lowest BCUT2D eigenvalue weighted by molar-refractivity contribution is -0.120. The third-order valence-electron chi connectivity index (χ3n) is 3.75. The van der Waals surface area contributed by atoms with E-state index in [0.29, 0.717) is 31.4 Å². The molecule has 2 aromatic rings. The second kappa shape index (κ2) is 8.64. The number of ether oxygens (including phenoxy) is 2. The quantitative estimate of drug-likeness (QED) is 0.552. The summed E-state index contributed by atoms with van der Waals surface area (Å²) in [5.74, 6) is 0.248. The minimum absolute atomic E-state index is 0.192. The van der Waals surface area contributed by atoms with E-state index >= 15 is 0 Å². The number of hydrogen-bond donors (Lipinski definition) is 1. The molecule has 0 aromatic heterocycles. The second-order valence-corrected chi connectivity index (χ2v) is 7.74. The zero-order chi connectivity index (χ0) is 20.3. The van der Waals surface area contributed by atoms with Crippen LogP contribution >= 0.6 is 35.6 Å². The van der Waals surface area contributed by atoms with Gasteiger partial charge in [0.1, 0.15) is 11.5 Å². The first-order chi connectivity index (χ1) is 13.4. The van der Waals surface area contributed by atoms with E-state index in [1.165, 1.54) is 23.8 Å². The summed E-state index contributed by atoms with van der Waals surface area (Å²) in [6.07, 6.45) is 1.74. The Morgan fingerprint density at radius 3 is 2.61 bits per heavy atom. The molecule has 0 spiro atoms. The van der Waals surface area contributed by atoms with Crippen molar-refractivity contribution < 1.29 is 19.1 Å². The van der Waals surface area contributed by atoms with Crippen LogP contribution in [0.4, 0.5) is 5.69 Å². The van der Waals surface area contributed by atoms with E-state index in [-0.39, 0.29) is 12.5 Å². The lowest BCUT2D eigenvalue weighted by atomic mass is 10.2. The molecule has 1 aliphatic rings. The molecule has 0 saturated carbocycles. The summed E-state index contributed by atoms with van der Waals surface area (Å²) < 4.78 is 10.8. The number of amides is 2. The van der Waals surface area contributed by atoms with Crippen molar-refractivity contribution in [2.75, 3.05) is 18.6 Å². The third kappa shape index (κ3) is 4.46. The Hall–Kier alpha value is -2.55. The number of nitrogens with zero attached hydrogens (tertiary/aromatic N) is 1. The average Bonchev–Trinajstić information content (AvgIpc) is 2.94. The number of rotatable bonds is 6. The fraction of sp³-hybridized carbons (Fsp3) is 0.105. The topological polar surface area (TPSA) is 81.9 Å². The third-order valence-corrected chi connectivity index (χ3v) is 5.34. The smallest absolute Gasteiger partial charge is 0.270 e. The Balaban J connectivity index is 1.79. The first kappa shape index (κ1) is 20.2. The summed E-state index contributed by atoms with van der Waals surface area (Å²) in [6.45, 7) is -0.192. The molecule has 3 rings (SSSR count). The number of nitrogens with two attached hydrogens (primary N) is 1. The summed E-state index contributed by atoms with van der Waals surface area (Å²) in [7, 11) is 1.52. The summed E-state index contributed by atoms with van der Waals surface area (Å²) >= 11 is 12.7. The Labute approximate surface area is 176 Å². The van der Waals surface area contributed by atoms with Crippen LogP contribution in [0.1, 0.15) is 5.56 Å². The first-order valence-electron chi connectivity index (χ1n) is 8.01. The van der Waals surface area contributed by atoms with E-state index in [1.54, 1.807) is 48.5 Å². The second-order valence-electron chi connectivity index (χ2n) is 5.66. The molecule has 1 fully saturated rings. The molecule has 0 atom stereocenters. The molecule has 1 heterocycles. The van der Waals surface area contributed by atoms with Gasteiger partial charge in [0.25, 0.3) is 11.8 Å². The molecule has 6 nitrogen and oxygen atoms in total. The molecule has 1 aliphatic heterocycles. The van der Waals surface area contributed by atoms with Crippen LogP contribution in [0, 0.1) is 0 Å². The van der Waals surface area contributed by atoms with Crippen molar-refractivity contribution in [3.63, 3.8) is 0 Å². The Kier molecular flexibility index (Phi) is 6.23. The summed E-state index contributed by atoms with van der Waals surface area (Å²) in [6, 6.07) is 12.0. The zero-order valence-corrected chi connectivity index (χ0v) is 17.1. The molecule has 2 aromatic carbocycles. The minimum Gasteiger partial charge on any atom is -0.495 e. The predicted octanol–water partition coefficient (Wildman–Crippen LogP) is 3.62. The molecule has 2 amide bonds. The van der Waals surface area contributed by atoms with Crippen molar-refractivity contribution in [1.82, 2.24) is 0 Å². The minimum atomic E-state index is -0.550. The van der Waals surface area contributed by atoms with E-state index in [1.807, 2.05) is 0 Å². The van der Waals surface area contributed by atoms with E-state index in [0.717, 1.165) is 5.56 Å². The predicted molar refractivity (Wildman–Crippen MR) is 115 cm³/mol. The lowest BCUT2D eigenvalue weighted by Crippen LogP contribution is -2.27. The number of thiocarbonyl (C=S) groups is 1. The fourth-order valence-corrected chi connectivity index (χ4v) is 4.00. The van der Waals surface area contributed by atoms with Gasteiger partial charge in [-0.05, 0) is 42.0 Å². The summed E-state index contributed by atoms with van der Waals surface area (Å²) in [5, 5.41) is 0.393. The number of carbonyl (C=O) groups is 2. The molecular formula is C19H15ClN2O4S2. The molecule has 0 bridgehead atoms. The molecule has 144 valence electrons. The SMILES string of the molecule is COc1ccc(N2C(=O)/C(=C/c3ccc(OCC(N)=O)cc3)SC2=S)cc1Cl. The number of primary amides is 1. The largest absolute Gasteiger partial charge is 0.495 e. The number of thioether (sulfide) groups is 1. The normalized spacial score (nSPS) is 15.2. The van der Waals surface area contributed by atoms with Crippen LogP contribution in [0.2, 0.25) is 5.02 Å². The van der Waals surface area contributed by atoms with Crippen LogP contribution in [0.3, 0.4) is 0 Å². The fourth-order valence-electron chi connectivity index (χ4n) is 2.45. The van der Waals surface area contributed by atoms with E-state index in [9.17, 15) is 9.59 Å². The van der Waals surface area contributed by atoms with Gasteiger partial charge in [0.2, 0.25) is 0 Å². The highest BCUT2D eigenvalue weighted by molar-refractivity contribution is 8.27. The van der Waals surface area contributed by atoms with Gasteiger partial charge in [0, 0.05) is 0 Å². The van der Waals surface area contributed by atoms with Gasteiger partial charge in [-0.2, -0.15) is 0 Å². The molecule has 1 saturated heterocycles. The molecule has 0 unspecified atom stereocenters. The van der Waals surface area contributed by atoms with Crippen molar-refractivity contribution in [1.29, 1.82) is 0 Å². The molecule has 28 heavy (non-hydrogen) atoms. The van der Waals surface area contributed by atoms with Gasteiger partial charge in [-0.15, -0.1) is 0 Å². The number of halogens is 1. The number of benzene rings is 2. The number of methoxy groups -OCH3 is 1. The van der Waals surface area contributed by atoms with Gasteiger partial charge < -0.3 is 15.2 Å². The zero-order valence-electron chi connectivity index (χ0n) is 14.7. The highest BCUT2D eigenvalue weighted by Gasteiger charge is 2.33.